The van der Waals surface area contributed by atoms with E-state index in [1.807, 2.05) is 91.0 Å². The van der Waals surface area contributed by atoms with E-state index < -0.39 is 39.8 Å². The Morgan fingerprint density at radius 3 is 2.00 bits per heavy atom. The molecule has 0 amide bonds. The lowest BCUT2D eigenvalue weighted by Gasteiger charge is -2.37. The van der Waals surface area contributed by atoms with Gasteiger partial charge in [0.1, 0.15) is 29.8 Å². The third-order valence-corrected chi connectivity index (χ3v) is 7.95. The van der Waals surface area contributed by atoms with E-state index in [-0.39, 0.29) is 18.7 Å². The van der Waals surface area contributed by atoms with Crippen LogP contribution >= 0.6 is 0 Å². The molecule has 1 aliphatic rings. The number of fused-ring (bicyclic) bond motifs is 1. The second-order valence-electron chi connectivity index (χ2n) is 10.3. The van der Waals surface area contributed by atoms with Gasteiger partial charge in [0.15, 0.2) is 0 Å². The van der Waals surface area contributed by atoms with Gasteiger partial charge in [-0.15, -0.1) is 0 Å². The Morgan fingerprint density at radius 1 is 0.929 bits per heavy atom. The SMILES string of the molecule is Cc1cc2cn(C3CC(OS(C)(=O)=O)C(COC(c4ccccc4)(c4ccccc4)c4ccccc4)O3)c(=O)nc2o1. The summed E-state index contributed by atoms with van der Waals surface area (Å²) in [5.41, 5.74) is 1.27. The van der Waals surface area contributed by atoms with Gasteiger partial charge in [-0.3, -0.25) is 8.75 Å². The van der Waals surface area contributed by atoms with Crippen molar-refractivity contribution < 1.29 is 26.5 Å². The maximum absolute atomic E-state index is 12.9. The van der Waals surface area contributed by atoms with E-state index in [9.17, 15) is 13.2 Å². The van der Waals surface area contributed by atoms with Gasteiger partial charge in [0.2, 0.25) is 5.71 Å². The van der Waals surface area contributed by atoms with Crippen molar-refractivity contribution in [1.29, 1.82) is 0 Å². The van der Waals surface area contributed by atoms with Crippen molar-refractivity contribution in [2.75, 3.05) is 12.9 Å². The van der Waals surface area contributed by atoms with Crippen LogP contribution in [0, 0.1) is 6.92 Å². The van der Waals surface area contributed by atoms with Crippen LogP contribution in [0.25, 0.3) is 11.1 Å². The minimum Gasteiger partial charge on any atom is -0.443 e. The van der Waals surface area contributed by atoms with Gasteiger partial charge in [0.25, 0.3) is 10.1 Å². The number of ether oxygens (including phenoxy) is 2. The van der Waals surface area contributed by atoms with Gasteiger partial charge in [-0.05, 0) is 29.7 Å². The zero-order valence-corrected chi connectivity index (χ0v) is 23.9. The van der Waals surface area contributed by atoms with Crippen LogP contribution < -0.4 is 5.69 Å². The number of hydrogen-bond donors (Lipinski definition) is 0. The molecule has 0 aliphatic carbocycles. The van der Waals surface area contributed by atoms with E-state index in [1.165, 1.54) is 4.57 Å². The Hall–Kier alpha value is -4.09. The Morgan fingerprint density at radius 2 is 1.48 bits per heavy atom. The van der Waals surface area contributed by atoms with Crippen molar-refractivity contribution in [1.82, 2.24) is 9.55 Å². The summed E-state index contributed by atoms with van der Waals surface area (Å²) in [5, 5.41) is 0.632. The largest absolute Gasteiger partial charge is 0.443 e. The Labute approximate surface area is 243 Å². The number of aryl methyl sites for hydroxylation is 1. The number of hydrogen-bond acceptors (Lipinski definition) is 8. The standard InChI is InChI=1S/C32H30N2O7S/c1-22-18-23-20-34(31(35)33-30(23)39-22)29-19-27(41-42(2,36)37)28(40-29)21-38-32(24-12-6-3-7-13-24,25-14-8-4-9-15-25)26-16-10-5-11-17-26/h3-18,20,27-29H,19,21H2,1-2H3. The second-order valence-corrected chi connectivity index (χ2v) is 11.9. The Bertz CT molecular complexity index is 1740. The highest BCUT2D eigenvalue weighted by Gasteiger charge is 2.44. The molecular formula is C32H30N2O7S. The summed E-state index contributed by atoms with van der Waals surface area (Å²) in [6.07, 6.45) is 0.140. The van der Waals surface area contributed by atoms with Crippen molar-refractivity contribution in [3.05, 3.63) is 136 Å². The summed E-state index contributed by atoms with van der Waals surface area (Å²) in [4.78, 5) is 17.0. The molecule has 1 saturated heterocycles. The van der Waals surface area contributed by atoms with Gasteiger partial charge in [0, 0.05) is 12.6 Å². The molecule has 3 heterocycles. The molecule has 216 valence electrons. The fraction of sp³-hybridized carbons (Fsp3) is 0.250. The molecule has 42 heavy (non-hydrogen) atoms. The first kappa shape index (κ1) is 28.0. The quantitative estimate of drug-likeness (QED) is 0.177. The van der Waals surface area contributed by atoms with Gasteiger partial charge >= 0.3 is 5.69 Å². The minimum atomic E-state index is -3.85. The van der Waals surface area contributed by atoms with Crippen molar-refractivity contribution in [3.8, 4) is 0 Å². The predicted octanol–water partition coefficient (Wildman–Crippen LogP) is 4.94. The van der Waals surface area contributed by atoms with Crippen LogP contribution in [0.4, 0.5) is 0 Å². The first-order valence-corrected chi connectivity index (χ1v) is 15.4. The van der Waals surface area contributed by atoms with E-state index in [2.05, 4.69) is 4.98 Å². The highest BCUT2D eigenvalue weighted by molar-refractivity contribution is 7.86. The molecule has 1 aliphatic heterocycles. The molecule has 0 radical (unpaired) electrons. The molecule has 1 fully saturated rings. The van der Waals surface area contributed by atoms with Crippen molar-refractivity contribution >= 4 is 21.2 Å². The lowest BCUT2D eigenvalue weighted by atomic mass is 9.80. The highest BCUT2D eigenvalue weighted by atomic mass is 32.2. The smallest absolute Gasteiger partial charge is 0.353 e. The molecule has 0 N–H and O–H groups in total. The van der Waals surface area contributed by atoms with Crippen molar-refractivity contribution in [2.45, 2.75) is 37.4 Å². The number of benzene rings is 3. The van der Waals surface area contributed by atoms with E-state index >= 15 is 0 Å². The number of nitrogens with zero attached hydrogens (tertiary/aromatic N) is 2. The maximum Gasteiger partial charge on any atom is 0.353 e. The fourth-order valence-corrected chi connectivity index (χ4v) is 6.23. The molecule has 5 aromatic rings. The second kappa shape index (κ2) is 11.3. The Kier molecular flexibility index (Phi) is 7.54. The molecule has 3 aromatic carbocycles. The zero-order chi connectivity index (χ0) is 29.3. The normalized spacial score (nSPS) is 19.3. The van der Waals surface area contributed by atoms with Crippen LogP contribution in [0.2, 0.25) is 0 Å². The van der Waals surface area contributed by atoms with Gasteiger partial charge in [0.05, 0.1) is 18.2 Å². The average Bonchev–Trinajstić information content (AvgIpc) is 3.55. The number of aromatic nitrogens is 2. The molecule has 0 bridgehead atoms. The first-order valence-electron chi connectivity index (χ1n) is 13.6. The summed E-state index contributed by atoms with van der Waals surface area (Å²) in [6, 6.07) is 31.3. The highest BCUT2D eigenvalue weighted by Crippen LogP contribution is 2.42. The summed E-state index contributed by atoms with van der Waals surface area (Å²) in [6.45, 7) is 1.73. The number of rotatable bonds is 9. The topological polar surface area (TPSA) is 110 Å². The molecule has 0 saturated carbocycles. The van der Waals surface area contributed by atoms with Crippen molar-refractivity contribution in [3.63, 3.8) is 0 Å². The molecular weight excluding hydrogens is 556 g/mol. The summed E-state index contributed by atoms with van der Waals surface area (Å²) in [7, 11) is -3.85. The van der Waals surface area contributed by atoms with E-state index in [0.717, 1.165) is 22.9 Å². The van der Waals surface area contributed by atoms with Crippen LogP contribution in [0.15, 0.2) is 112 Å². The van der Waals surface area contributed by atoms with E-state index in [0.29, 0.717) is 11.1 Å². The zero-order valence-electron chi connectivity index (χ0n) is 23.1. The van der Waals surface area contributed by atoms with Gasteiger partial charge in [-0.25, -0.2) is 4.79 Å². The van der Waals surface area contributed by atoms with Crippen LogP contribution in [0.1, 0.15) is 35.1 Å². The van der Waals surface area contributed by atoms with E-state index in [1.54, 1.807) is 19.2 Å². The Balaban J connectivity index is 1.39. The van der Waals surface area contributed by atoms with Crippen molar-refractivity contribution in [2.24, 2.45) is 0 Å². The van der Waals surface area contributed by atoms with E-state index in [4.69, 9.17) is 18.1 Å². The predicted molar refractivity (Wildman–Crippen MR) is 156 cm³/mol. The molecule has 3 atom stereocenters. The third kappa shape index (κ3) is 5.54. The molecule has 6 rings (SSSR count). The average molecular weight is 587 g/mol. The maximum atomic E-state index is 12.9. The van der Waals surface area contributed by atoms with Gasteiger partial charge in [-0.1, -0.05) is 91.0 Å². The van der Waals surface area contributed by atoms with Crippen LogP contribution in [0.3, 0.4) is 0 Å². The van der Waals surface area contributed by atoms with Crippen LogP contribution in [0.5, 0.6) is 0 Å². The summed E-state index contributed by atoms with van der Waals surface area (Å²) < 4.78 is 50.1. The molecule has 0 spiro atoms. The fourth-order valence-electron chi connectivity index (χ4n) is 5.58. The molecule has 9 nitrogen and oxygen atoms in total. The van der Waals surface area contributed by atoms with Crippen LogP contribution in [-0.4, -0.2) is 43.0 Å². The summed E-state index contributed by atoms with van der Waals surface area (Å²) in [5.74, 6) is 0.616. The molecule has 10 heteroatoms. The van der Waals surface area contributed by atoms with Gasteiger partial charge in [-0.2, -0.15) is 13.4 Å². The van der Waals surface area contributed by atoms with Gasteiger partial charge < -0.3 is 13.9 Å². The lowest BCUT2D eigenvalue weighted by molar-refractivity contribution is -0.0909. The first-order chi connectivity index (χ1) is 20.2. The third-order valence-electron chi connectivity index (χ3n) is 7.35. The number of furan rings is 1. The monoisotopic (exact) mass is 586 g/mol. The summed E-state index contributed by atoms with van der Waals surface area (Å²) >= 11 is 0. The van der Waals surface area contributed by atoms with Crippen LogP contribution in [-0.2, 0) is 29.4 Å². The molecule has 3 unspecified atom stereocenters. The minimum absolute atomic E-state index is 0.0371. The lowest BCUT2D eigenvalue weighted by Crippen LogP contribution is -2.39. The molecule has 2 aromatic heterocycles.